The normalized spacial score (nSPS) is 13.2. The number of para-hydroxylation sites is 2. The van der Waals surface area contributed by atoms with E-state index in [-0.39, 0.29) is 5.41 Å². The number of hydrogen-bond donors (Lipinski definition) is 0. The first-order valence-corrected chi connectivity index (χ1v) is 18.0. The highest BCUT2D eigenvalue weighted by atomic mass is 16.3. The van der Waals surface area contributed by atoms with Crippen molar-refractivity contribution < 1.29 is 4.42 Å². The van der Waals surface area contributed by atoms with Crippen LogP contribution in [0, 0.1) is 0 Å². The molecule has 4 heterocycles. The minimum Gasteiger partial charge on any atom is -0.456 e. The van der Waals surface area contributed by atoms with Gasteiger partial charge >= 0.3 is 0 Å². The molecule has 11 rings (SSSR count). The molecule has 250 valence electrons. The Kier molecular flexibility index (Phi) is 6.23. The van der Waals surface area contributed by atoms with Crippen LogP contribution >= 0.6 is 0 Å². The maximum absolute atomic E-state index is 6.36. The van der Waals surface area contributed by atoms with Gasteiger partial charge < -0.3 is 4.42 Å². The molecule has 0 saturated heterocycles. The van der Waals surface area contributed by atoms with E-state index < -0.39 is 0 Å². The Morgan fingerprint density at radius 1 is 0.453 bits per heavy atom. The molecule has 0 radical (unpaired) electrons. The van der Waals surface area contributed by atoms with Crippen molar-refractivity contribution in [3.63, 3.8) is 0 Å². The van der Waals surface area contributed by atoms with Crippen molar-refractivity contribution in [3.05, 3.63) is 169 Å². The molecule has 6 aromatic carbocycles. The van der Waals surface area contributed by atoms with Crippen LogP contribution in [0.2, 0.25) is 0 Å². The Morgan fingerprint density at radius 3 is 1.92 bits per heavy atom. The van der Waals surface area contributed by atoms with E-state index in [9.17, 15) is 0 Å². The van der Waals surface area contributed by atoms with Crippen molar-refractivity contribution in [1.82, 2.24) is 19.5 Å². The average Bonchev–Trinajstić information content (AvgIpc) is 3.82. The molecule has 5 nitrogen and oxygen atoms in total. The monoisotopic (exact) mass is 680 g/mol. The molecule has 53 heavy (non-hydrogen) atoms. The van der Waals surface area contributed by atoms with Crippen LogP contribution in [0.15, 0.2) is 162 Å². The van der Waals surface area contributed by atoms with Gasteiger partial charge in [0.25, 0.3) is 0 Å². The number of benzene rings is 6. The summed E-state index contributed by atoms with van der Waals surface area (Å²) < 4.78 is 8.67. The first-order valence-electron chi connectivity index (χ1n) is 18.0. The molecule has 5 heteroatoms. The summed E-state index contributed by atoms with van der Waals surface area (Å²) in [5, 5.41) is 4.70. The molecule has 1 aliphatic carbocycles. The summed E-state index contributed by atoms with van der Waals surface area (Å²) in [4.78, 5) is 15.4. The molecule has 0 unspecified atom stereocenters. The summed E-state index contributed by atoms with van der Waals surface area (Å²) in [7, 11) is 0. The molecule has 0 fully saturated rings. The van der Waals surface area contributed by atoms with Gasteiger partial charge in [-0.2, -0.15) is 0 Å². The van der Waals surface area contributed by atoms with E-state index in [1.165, 1.54) is 33.0 Å². The second-order valence-corrected chi connectivity index (χ2v) is 14.5. The third-order valence-electron chi connectivity index (χ3n) is 11.0. The molecular weight excluding hydrogens is 649 g/mol. The highest BCUT2D eigenvalue weighted by Crippen LogP contribution is 2.52. The van der Waals surface area contributed by atoms with Gasteiger partial charge in [0.2, 0.25) is 0 Å². The van der Waals surface area contributed by atoms with Crippen LogP contribution in [0.4, 0.5) is 0 Å². The van der Waals surface area contributed by atoms with Crippen LogP contribution in [0.25, 0.3) is 94.7 Å². The summed E-state index contributed by atoms with van der Waals surface area (Å²) in [6, 6.07) is 55.1. The van der Waals surface area contributed by atoms with E-state index in [4.69, 9.17) is 19.4 Å². The third-order valence-corrected chi connectivity index (χ3v) is 11.0. The Morgan fingerprint density at radius 2 is 1.11 bits per heavy atom. The molecule has 0 N–H and O–H groups in total. The molecule has 0 spiro atoms. The molecule has 10 aromatic rings. The molecule has 0 bridgehead atoms. The lowest BCUT2D eigenvalue weighted by Crippen LogP contribution is -2.15. The summed E-state index contributed by atoms with van der Waals surface area (Å²) in [5.41, 5.74) is 13.4. The van der Waals surface area contributed by atoms with Gasteiger partial charge in [-0.05, 0) is 76.9 Å². The molecule has 1 aliphatic rings. The zero-order chi connectivity index (χ0) is 35.3. The molecule has 0 aliphatic heterocycles. The van der Waals surface area contributed by atoms with Crippen LogP contribution in [0.5, 0.6) is 0 Å². The Bertz CT molecular complexity index is 3020. The number of pyridine rings is 1. The number of aromatic nitrogens is 4. The summed E-state index contributed by atoms with van der Waals surface area (Å²) in [6.45, 7) is 4.65. The van der Waals surface area contributed by atoms with E-state index in [0.717, 1.165) is 67.0 Å². The van der Waals surface area contributed by atoms with Crippen LogP contribution in [-0.2, 0) is 5.41 Å². The van der Waals surface area contributed by atoms with Crippen molar-refractivity contribution in [3.8, 4) is 51.0 Å². The van der Waals surface area contributed by atoms with Crippen molar-refractivity contribution >= 4 is 43.7 Å². The lowest BCUT2D eigenvalue weighted by Gasteiger charge is -2.21. The number of furan rings is 1. The minimum atomic E-state index is -0.231. The topological polar surface area (TPSA) is 56.7 Å². The molecule has 0 amide bonds. The van der Waals surface area contributed by atoms with Crippen LogP contribution in [0.3, 0.4) is 0 Å². The van der Waals surface area contributed by atoms with Crippen LogP contribution in [0.1, 0.15) is 25.0 Å². The van der Waals surface area contributed by atoms with Gasteiger partial charge in [-0.1, -0.05) is 117 Å². The van der Waals surface area contributed by atoms with Gasteiger partial charge in [-0.25, -0.2) is 15.0 Å². The first-order chi connectivity index (χ1) is 26.0. The quantitative estimate of drug-likeness (QED) is 0.186. The zero-order valence-corrected chi connectivity index (χ0v) is 29.2. The van der Waals surface area contributed by atoms with E-state index in [1.807, 2.05) is 66.7 Å². The predicted octanol–water partition coefficient (Wildman–Crippen LogP) is 12.2. The van der Waals surface area contributed by atoms with Gasteiger partial charge in [-0.3, -0.25) is 4.57 Å². The van der Waals surface area contributed by atoms with Crippen LogP contribution < -0.4 is 0 Å². The molecule has 0 atom stereocenters. The standard InChI is InChI=1S/C48H32N4O/c1-48(2)37-26-43-35(24-33(37)34-25-36-32-19-10-12-22-44(32)53-45(36)27-38(34)48)31-18-9-11-21-42(31)52(43)46-23-13-20-39(49-46)41-28-40(29-14-5-3-6-15-29)50-47(51-41)30-16-7-4-8-17-30/h3-28H,1-2H3. The van der Waals surface area contributed by atoms with Crippen molar-refractivity contribution in [2.75, 3.05) is 0 Å². The molecule has 4 aromatic heterocycles. The van der Waals surface area contributed by atoms with Crippen molar-refractivity contribution in [1.29, 1.82) is 0 Å². The minimum absolute atomic E-state index is 0.231. The van der Waals surface area contributed by atoms with E-state index >= 15 is 0 Å². The summed E-state index contributed by atoms with van der Waals surface area (Å²) in [5.74, 6) is 1.51. The summed E-state index contributed by atoms with van der Waals surface area (Å²) in [6.07, 6.45) is 0. The van der Waals surface area contributed by atoms with Gasteiger partial charge in [0.05, 0.1) is 28.1 Å². The summed E-state index contributed by atoms with van der Waals surface area (Å²) >= 11 is 0. The fourth-order valence-electron chi connectivity index (χ4n) is 8.40. The van der Waals surface area contributed by atoms with E-state index in [2.05, 4.69) is 109 Å². The maximum Gasteiger partial charge on any atom is 0.160 e. The SMILES string of the molecule is CC1(C)c2cc3oc4ccccc4c3cc2-c2cc3c4ccccc4n(-c4cccc(-c5cc(-c6ccccc6)nc(-c6ccccc6)n5)n4)c3cc21. The van der Waals surface area contributed by atoms with Gasteiger partial charge in [0.15, 0.2) is 5.82 Å². The Hall–Kier alpha value is -6.85. The highest BCUT2D eigenvalue weighted by Gasteiger charge is 2.37. The number of nitrogens with zero attached hydrogens (tertiary/aromatic N) is 4. The van der Waals surface area contributed by atoms with Gasteiger partial charge in [0.1, 0.15) is 17.0 Å². The first kappa shape index (κ1) is 29.8. The van der Waals surface area contributed by atoms with Crippen molar-refractivity contribution in [2.45, 2.75) is 19.3 Å². The van der Waals surface area contributed by atoms with Gasteiger partial charge in [0, 0.05) is 38.1 Å². The largest absolute Gasteiger partial charge is 0.456 e. The number of rotatable bonds is 4. The number of hydrogen-bond acceptors (Lipinski definition) is 4. The second-order valence-electron chi connectivity index (χ2n) is 14.5. The average molecular weight is 681 g/mol. The smallest absolute Gasteiger partial charge is 0.160 e. The molecule has 0 saturated carbocycles. The Labute approximate surface area is 305 Å². The molecular formula is C48H32N4O. The maximum atomic E-state index is 6.36. The third kappa shape index (κ3) is 4.47. The van der Waals surface area contributed by atoms with Gasteiger partial charge in [-0.15, -0.1) is 0 Å². The number of fused-ring (bicyclic) bond motifs is 9. The lowest BCUT2D eigenvalue weighted by molar-refractivity contribution is 0.647. The highest BCUT2D eigenvalue weighted by molar-refractivity contribution is 6.13. The second kappa shape index (κ2) is 11.1. The zero-order valence-electron chi connectivity index (χ0n) is 29.2. The fraction of sp³-hybridized carbons (Fsp3) is 0.0625. The predicted molar refractivity (Wildman–Crippen MR) is 215 cm³/mol. The fourth-order valence-corrected chi connectivity index (χ4v) is 8.40. The van der Waals surface area contributed by atoms with E-state index in [0.29, 0.717) is 5.82 Å². The van der Waals surface area contributed by atoms with Crippen LogP contribution in [-0.4, -0.2) is 19.5 Å². The van der Waals surface area contributed by atoms with Crippen molar-refractivity contribution in [2.24, 2.45) is 0 Å². The lowest BCUT2D eigenvalue weighted by atomic mass is 9.82. The van der Waals surface area contributed by atoms with E-state index in [1.54, 1.807) is 0 Å². The Balaban J connectivity index is 1.11.